The number of imidazole rings is 1. The second kappa shape index (κ2) is 5.53. The van der Waals surface area contributed by atoms with Crippen LogP contribution in [-0.4, -0.2) is 26.0 Å². The largest absolute Gasteiger partial charge is 0.343 e. The minimum Gasteiger partial charge on any atom is -0.343 e. The maximum absolute atomic E-state index is 13.4. The molecule has 9 heteroatoms. The number of anilines is 1. The van der Waals surface area contributed by atoms with E-state index in [2.05, 4.69) is 15.0 Å². The van der Waals surface area contributed by atoms with Gasteiger partial charge < -0.3 is 4.98 Å². The number of nitrogens with zero attached hydrogens (tertiary/aromatic N) is 3. The van der Waals surface area contributed by atoms with Crippen molar-refractivity contribution >= 4 is 45.9 Å². The van der Waals surface area contributed by atoms with E-state index in [0.717, 1.165) is 0 Å². The van der Waals surface area contributed by atoms with E-state index in [-0.39, 0.29) is 21.6 Å². The Hall–Kier alpha value is -2.22. The molecular weight excluding hydrogens is 332 g/mol. The number of nitrogens with one attached hydrogen (secondary N) is 2. The molecule has 112 valence electrons. The van der Waals surface area contributed by atoms with Crippen molar-refractivity contribution in [2.45, 2.75) is 0 Å². The fraction of sp³-hybridized carbons (Fsp3) is 0. The van der Waals surface area contributed by atoms with E-state index in [9.17, 15) is 9.60 Å². The van der Waals surface area contributed by atoms with Crippen LogP contribution in [0.1, 0.15) is 5.56 Å². The summed E-state index contributed by atoms with van der Waals surface area (Å²) in [5, 5.41) is 18.3. The molecule has 0 aliphatic rings. The number of pyridine rings is 1. The van der Waals surface area contributed by atoms with Crippen LogP contribution in [0.5, 0.6) is 0 Å². The van der Waals surface area contributed by atoms with Crippen molar-refractivity contribution in [3.8, 4) is 0 Å². The molecule has 6 nitrogen and oxygen atoms in total. The van der Waals surface area contributed by atoms with Crippen molar-refractivity contribution < 1.29 is 9.60 Å². The van der Waals surface area contributed by atoms with E-state index in [1.807, 2.05) is 0 Å². The molecule has 0 unspecified atom stereocenters. The zero-order chi connectivity index (χ0) is 15.9. The number of hydrogen-bond donors (Lipinski definition) is 3. The van der Waals surface area contributed by atoms with Gasteiger partial charge in [-0.05, 0) is 18.2 Å². The molecule has 0 spiro atoms. The summed E-state index contributed by atoms with van der Waals surface area (Å²) < 4.78 is 13.4. The Morgan fingerprint density at radius 3 is 2.64 bits per heavy atom. The van der Waals surface area contributed by atoms with Gasteiger partial charge in [-0.3, -0.25) is 10.6 Å². The number of benzene rings is 1. The lowest BCUT2D eigenvalue weighted by molar-refractivity contribution is 0.312. The number of halogens is 3. The Bertz CT molecular complexity index is 859. The van der Waals surface area contributed by atoms with Crippen LogP contribution in [0.25, 0.3) is 11.2 Å². The SMILES string of the molecule is N=C(c1ccnc2nc[nH]c12)N(O)c1cc(Cl)c(F)c(Cl)c1. The van der Waals surface area contributed by atoms with Gasteiger partial charge >= 0.3 is 0 Å². The van der Waals surface area contributed by atoms with Crippen LogP contribution in [-0.2, 0) is 0 Å². The summed E-state index contributed by atoms with van der Waals surface area (Å²) in [6.07, 6.45) is 2.90. The molecule has 0 bridgehead atoms. The molecule has 0 aliphatic carbocycles. The molecule has 0 atom stereocenters. The molecule has 0 fully saturated rings. The lowest BCUT2D eigenvalue weighted by Crippen LogP contribution is -2.27. The quantitative estimate of drug-likeness (QED) is 0.288. The lowest BCUT2D eigenvalue weighted by atomic mass is 10.2. The van der Waals surface area contributed by atoms with Crippen LogP contribution in [0.4, 0.5) is 10.1 Å². The number of hydroxylamine groups is 1. The van der Waals surface area contributed by atoms with Crippen molar-refractivity contribution in [2.75, 3.05) is 5.06 Å². The molecule has 1 aromatic carbocycles. The second-order valence-electron chi connectivity index (χ2n) is 4.34. The van der Waals surface area contributed by atoms with Crippen molar-refractivity contribution in [1.29, 1.82) is 5.41 Å². The molecule has 0 aliphatic heterocycles. The first-order valence-electron chi connectivity index (χ1n) is 5.99. The normalized spacial score (nSPS) is 10.9. The average molecular weight is 340 g/mol. The average Bonchev–Trinajstić information content (AvgIpc) is 2.99. The number of aromatic amines is 1. The molecule has 3 aromatic rings. The Morgan fingerprint density at radius 1 is 1.27 bits per heavy atom. The molecule has 2 aromatic heterocycles. The van der Waals surface area contributed by atoms with Crippen LogP contribution in [0.2, 0.25) is 10.0 Å². The van der Waals surface area contributed by atoms with E-state index in [1.165, 1.54) is 24.7 Å². The van der Waals surface area contributed by atoms with Crippen molar-refractivity contribution in [2.24, 2.45) is 0 Å². The summed E-state index contributed by atoms with van der Waals surface area (Å²) in [5.74, 6) is -1.05. The van der Waals surface area contributed by atoms with Crippen molar-refractivity contribution in [3.63, 3.8) is 0 Å². The smallest absolute Gasteiger partial charge is 0.178 e. The van der Waals surface area contributed by atoms with Gasteiger partial charge in [0.15, 0.2) is 17.3 Å². The predicted molar refractivity (Wildman–Crippen MR) is 81.4 cm³/mol. The number of rotatable bonds is 2. The highest BCUT2D eigenvalue weighted by Crippen LogP contribution is 2.29. The summed E-state index contributed by atoms with van der Waals surface area (Å²) in [6, 6.07) is 3.88. The van der Waals surface area contributed by atoms with Gasteiger partial charge in [0.2, 0.25) is 0 Å². The van der Waals surface area contributed by atoms with Gasteiger partial charge in [-0.25, -0.2) is 19.4 Å². The highest BCUT2D eigenvalue weighted by atomic mass is 35.5. The predicted octanol–water partition coefficient (Wildman–Crippen LogP) is 3.62. The molecule has 0 saturated carbocycles. The minimum absolute atomic E-state index is 0.0610. The van der Waals surface area contributed by atoms with E-state index in [1.54, 1.807) is 6.07 Å². The molecular formula is C13H8Cl2FN5O. The zero-order valence-corrected chi connectivity index (χ0v) is 12.3. The highest BCUT2D eigenvalue weighted by Gasteiger charge is 2.18. The van der Waals surface area contributed by atoms with Gasteiger partial charge in [0, 0.05) is 11.8 Å². The van der Waals surface area contributed by atoms with Gasteiger partial charge in [0.05, 0.1) is 27.6 Å². The van der Waals surface area contributed by atoms with Gasteiger partial charge in [-0.15, -0.1) is 0 Å². The van der Waals surface area contributed by atoms with E-state index in [0.29, 0.717) is 21.8 Å². The first-order valence-corrected chi connectivity index (χ1v) is 6.75. The summed E-state index contributed by atoms with van der Waals surface area (Å²) >= 11 is 11.4. The number of amidine groups is 1. The van der Waals surface area contributed by atoms with E-state index >= 15 is 0 Å². The van der Waals surface area contributed by atoms with Crippen LogP contribution in [0.15, 0.2) is 30.7 Å². The number of fused-ring (bicyclic) bond motifs is 1. The third kappa shape index (κ3) is 2.39. The Morgan fingerprint density at radius 2 is 1.95 bits per heavy atom. The minimum atomic E-state index is -0.785. The fourth-order valence-electron chi connectivity index (χ4n) is 1.95. The monoisotopic (exact) mass is 339 g/mol. The zero-order valence-electron chi connectivity index (χ0n) is 10.8. The molecule has 0 radical (unpaired) electrons. The van der Waals surface area contributed by atoms with Crippen molar-refractivity contribution in [1.82, 2.24) is 15.0 Å². The third-order valence-corrected chi connectivity index (χ3v) is 3.56. The van der Waals surface area contributed by atoms with Crippen LogP contribution in [0.3, 0.4) is 0 Å². The first-order chi connectivity index (χ1) is 10.5. The molecule has 2 heterocycles. The third-order valence-electron chi connectivity index (χ3n) is 3.01. The van der Waals surface area contributed by atoms with Crippen molar-refractivity contribution in [3.05, 3.63) is 52.1 Å². The Kier molecular flexibility index (Phi) is 3.69. The molecule has 0 amide bonds. The van der Waals surface area contributed by atoms with Crippen LogP contribution >= 0.6 is 23.2 Å². The van der Waals surface area contributed by atoms with Gasteiger partial charge in [-0.1, -0.05) is 23.2 Å². The molecule has 3 N–H and O–H groups in total. The summed E-state index contributed by atoms with van der Waals surface area (Å²) in [5.41, 5.74) is 1.32. The Labute approximate surface area is 133 Å². The number of aromatic nitrogens is 3. The van der Waals surface area contributed by atoms with Gasteiger partial charge in [0.1, 0.15) is 0 Å². The maximum Gasteiger partial charge on any atom is 0.178 e. The fourth-order valence-corrected chi connectivity index (χ4v) is 2.43. The maximum atomic E-state index is 13.4. The van der Waals surface area contributed by atoms with Gasteiger partial charge in [0.25, 0.3) is 0 Å². The summed E-state index contributed by atoms with van der Waals surface area (Å²) in [6.45, 7) is 0. The standard InChI is InChI=1S/C13H8Cl2FN5O/c14-8-3-6(4-9(15)10(8)16)21(22)12(17)7-1-2-18-13-11(7)19-5-20-13/h1-5,17,22H,(H,18,19,20). The molecule has 3 rings (SSSR count). The highest BCUT2D eigenvalue weighted by molar-refractivity contribution is 6.35. The van der Waals surface area contributed by atoms with Gasteiger partial charge in [-0.2, -0.15) is 0 Å². The first kappa shape index (κ1) is 14.7. The number of hydrogen-bond acceptors (Lipinski definition) is 4. The van der Waals surface area contributed by atoms with Crippen LogP contribution in [0, 0.1) is 11.2 Å². The van der Waals surface area contributed by atoms with Crippen LogP contribution < -0.4 is 5.06 Å². The molecule has 0 saturated heterocycles. The molecule has 22 heavy (non-hydrogen) atoms. The summed E-state index contributed by atoms with van der Waals surface area (Å²) in [4.78, 5) is 10.8. The topological polar surface area (TPSA) is 88.9 Å². The Balaban J connectivity index is 2.03. The second-order valence-corrected chi connectivity index (χ2v) is 5.16. The summed E-state index contributed by atoms with van der Waals surface area (Å²) in [7, 11) is 0. The van der Waals surface area contributed by atoms with E-state index < -0.39 is 5.82 Å². The lowest BCUT2D eigenvalue weighted by Gasteiger charge is -2.18. The number of H-pyrrole nitrogens is 1. The van der Waals surface area contributed by atoms with E-state index in [4.69, 9.17) is 28.6 Å².